The molecule has 1 saturated carbocycles. The van der Waals surface area contributed by atoms with E-state index in [9.17, 15) is 4.79 Å². The first-order valence-corrected chi connectivity index (χ1v) is 9.28. The standard InChI is InChI=1S/C20H31NO3/c1-4-23-19-12-11-16(13-17(19)14-24-15(2)3)20(22)21-18-9-7-5-6-8-10-18/h11-13,15,18H,4-10,14H2,1-3H3,(H,21,22). The van der Waals surface area contributed by atoms with Gasteiger partial charge in [-0.2, -0.15) is 0 Å². The Balaban J connectivity index is 2.07. The molecule has 24 heavy (non-hydrogen) atoms. The minimum Gasteiger partial charge on any atom is -0.494 e. The highest BCUT2D eigenvalue weighted by Crippen LogP contribution is 2.23. The molecule has 1 aliphatic carbocycles. The summed E-state index contributed by atoms with van der Waals surface area (Å²) in [4.78, 5) is 12.6. The smallest absolute Gasteiger partial charge is 0.251 e. The van der Waals surface area contributed by atoms with Crippen LogP contribution in [0.4, 0.5) is 0 Å². The number of hydrogen-bond acceptors (Lipinski definition) is 3. The summed E-state index contributed by atoms with van der Waals surface area (Å²) < 4.78 is 11.4. The SMILES string of the molecule is CCOc1ccc(C(=O)NC2CCCCCC2)cc1COC(C)C. The van der Waals surface area contributed by atoms with Crippen molar-refractivity contribution in [1.82, 2.24) is 5.32 Å². The summed E-state index contributed by atoms with van der Waals surface area (Å²) in [5.74, 6) is 0.805. The summed E-state index contributed by atoms with van der Waals surface area (Å²) in [6.07, 6.45) is 7.31. The molecule has 1 N–H and O–H groups in total. The van der Waals surface area contributed by atoms with Crippen LogP contribution in [0.3, 0.4) is 0 Å². The highest BCUT2D eigenvalue weighted by molar-refractivity contribution is 5.94. The van der Waals surface area contributed by atoms with E-state index >= 15 is 0 Å². The largest absolute Gasteiger partial charge is 0.494 e. The van der Waals surface area contributed by atoms with Crippen LogP contribution in [0.25, 0.3) is 0 Å². The Bertz CT molecular complexity index is 520. The van der Waals surface area contributed by atoms with Gasteiger partial charge in [0.15, 0.2) is 0 Å². The molecule has 0 atom stereocenters. The molecule has 1 fully saturated rings. The molecule has 2 rings (SSSR count). The quantitative estimate of drug-likeness (QED) is 0.749. The van der Waals surface area contributed by atoms with Gasteiger partial charge in [-0.1, -0.05) is 25.7 Å². The summed E-state index contributed by atoms with van der Waals surface area (Å²) in [5, 5.41) is 3.20. The van der Waals surface area contributed by atoms with Crippen molar-refractivity contribution in [2.75, 3.05) is 6.61 Å². The van der Waals surface area contributed by atoms with Gasteiger partial charge in [0, 0.05) is 17.2 Å². The van der Waals surface area contributed by atoms with Crippen LogP contribution in [-0.2, 0) is 11.3 Å². The lowest BCUT2D eigenvalue weighted by Gasteiger charge is -2.18. The van der Waals surface area contributed by atoms with Gasteiger partial charge in [0.05, 0.1) is 19.3 Å². The highest BCUT2D eigenvalue weighted by atomic mass is 16.5. The summed E-state index contributed by atoms with van der Waals surface area (Å²) in [7, 11) is 0. The molecule has 0 aliphatic heterocycles. The number of benzene rings is 1. The first kappa shape index (κ1) is 18.8. The van der Waals surface area contributed by atoms with E-state index in [0.29, 0.717) is 24.8 Å². The van der Waals surface area contributed by atoms with E-state index in [1.807, 2.05) is 39.0 Å². The fourth-order valence-corrected chi connectivity index (χ4v) is 3.08. The molecule has 1 aromatic carbocycles. The monoisotopic (exact) mass is 333 g/mol. The van der Waals surface area contributed by atoms with Gasteiger partial charge < -0.3 is 14.8 Å². The van der Waals surface area contributed by atoms with Crippen LogP contribution in [0, 0.1) is 0 Å². The zero-order chi connectivity index (χ0) is 17.4. The maximum atomic E-state index is 12.6. The lowest BCUT2D eigenvalue weighted by Crippen LogP contribution is -2.34. The Hall–Kier alpha value is -1.55. The van der Waals surface area contributed by atoms with E-state index in [4.69, 9.17) is 9.47 Å². The number of carbonyl (C=O) groups excluding carboxylic acids is 1. The molecule has 134 valence electrons. The Labute approximate surface area is 145 Å². The summed E-state index contributed by atoms with van der Waals surface area (Å²) in [6, 6.07) is 5.93. The fourth-order valence-electron chi connectivity index (χ4n) is 3.08. The normalized spacial score (nSPS) is 16.0. The second-order valence-corrected chi connectivity index (χ2v) is 6.78. The highest BCUT2D eigenvalue weighted by Gasteiger charge is 2.17. The summed E-state index contributed by atoms with van der Waals surface area (Å²) in [6.45, 7) is 7.02. The Morgan fingerprint density at radius 1 is 1.21 bits per heavy atom. The fraction of sp³-hybridized carbons (Fsp3) is 0.650. The van der Waals surface area contributed by atoms with Gasteiger partial charge in [-0.25, -0.2) is 0 Å². The van der Waals surface area contributed by atoms with Gasteiger partial charge in [0.2, 0.25) is 0 Å². The molecule has 4 nitrogen and oxygen atoms in total. The number of amides is 1. The van der Waals surface area contributed by atoms with Gasteiger partial charge >= 0.3 is 0 Å². The van der Waals surface area contributed by atoms with Crippen molar-refractivity contribution in [3.05, 3.63) is 29.3 Å². The van der Waals surface area contributed by atoms with Crippen LogP contribution >= 0.6 is 0 Å². The minimum atomic E-state index is 0.00995. The second kappa shape index (κ2) is 9.67. The van der Waals surface area contributed by atoms with Gasteiger partial charge in [-0.15, -0.1) is 0 Å². The topological polar surface area (TPSA) is 47.6 Å². The third kappa shape index (κ3) is 5.82. The van der Waals surface area contributed by atoms with E-state index in [0.717, 1.165) is 24.2 Å². The molecule has 1 amide bonds. The van der Waals surface area contributed by atoms with Gasteiger partial charge in [-0.05, 0) is 51.8 Å². The lowest BCUT2D eigenvalue weighted by molar-refractivity contribution is 0.0641. The zero-order valence-corrected chi connectivity index (χ0v) is 15.3. The molecular formula is C20H31NO3. The van der Waals surface area contributed by atoms with E-state index < -0.39 is 0 Å². The number of rotatable bonds is 7. The summed E-state index contributed by atoms with van der Waals surface area (Å²) >= 11 is 0. The predicted molar refractivity (Wildman–Crippen MR) is 96.5 cm³/mol. The Morgan fingerprint density at radius 3 is 2.54 bits per heavy atom. The van der Waals surface area contributed by atoms with Crippen LogP contribution in [0.2, 0.25) is 0 Å². The second-order valence-electron chi connectivity index (χ2n) is 6.78. The van der Waals surface area contributed by atoms with Gasteiger partial charge in [0.25, 0.3) is 5.91 Å². The van der Waals surface area contributed by atoms with Crippen LogP contribution < -0.4 is 10.1 Å². The molecule has 0 unspecified atom stereocenters. The molecule has 0 spiro atoms. The molecule has 0 bridgehead atoms. The van der Waals surface area contributed by atoms with Crippen molar-refractivity contribution >= 4 is 5.91 Å². The van der Waals surface area contributed by atoms with Crippen molar-refractivity contribution in [1.29, 1.82) is 0 Å². The number of ether oxygens (including phenoxy) is 2. The molecule has 1 aromatic rings. The van der Waals surface area contributed by atoms with Crippen LogP contribution in [0.5, 0.6) is 5.75 Å². The van der Waals surface area contributed by atoms with E-state index in [1.165, 1.54) is 25.7 Å². The molecule has 0 saturated heterocycles. The van der Waals surface area contributed by atoms with Crippen molar-refractivity contribution in [3.63, 3.8) is 0 Å². The summed E-state index contributed by atoms with van der Waals surface area (Å²) in [5.41, 5.74) is 1.61. The number of hydrogen-bond donors (Lipinski definition) is 1. The minimum absolute atomic E-state index is 0.00995. The Kier molecular flexibility index (Phi) is 7.57. The maximum Gasteiger partial charge on any atom is 0.251 e. The van der Waals surface area contributed by atoms with Crippen LogP contribution in [0.15, 0.2) is 18.2 Å². The van der Waals surface area contributed by atoms with Crippen molar-refractivity contribution in [2.45, 2.75) is 78.0 Å². The van der Waals surface area contributed by atoms with Crippen LogP contribution in [-0.4, -0.2) is 24.7 Å². The average Bonchev–Trinajstić information content (AvgIpc) is 2.82. The van der Waals surface area contributed by atoms with E-state index in [2.05, 4.69) is 5.32 Å². The number of carbonyl (C=O) groups is 1. The van der Waals surface area contributed by atoms with E-state index in [1.54, 1.807) is 0 Å². The van der Waals surface area contributed by atoms with Crippen molar-refractivity contribution in [3.8, 4) is 5.75 Å². The lowest BCUT2D eigenvalue weighted by atomic mass is 10.1. The Morgan fingerprint density at radius 2 is 1.92 bits per heavy atom. The first-order valence-electron chi connectivity index (χ1n) is 9.28. The number of nitrogens with one attached hydrogen (secondary N) is 1. The van der Waals surface area contributed by atoms with Crippen molar-refractivity contribution < 1.29 is 14.3 Å². The zero-order valence-electron chi connectivity index (χ0n) is 15.3. The van der Waals surface area contributed by atoms with Crippen molar-refractivity contribution in [2.24, 2.45) is 0 Å². The molecule has 0 heterocycles. The third-order valence-corrected chi connectivity index (χ3v) is 4.39. The van der Waals surface area contributed by atoms with Gasteiger partial charge in [-0.3, -0.25) is 4.79 Å². The van der Waals surface area contributed by atoms with Crippen LogP contribution in [0.1, 0.15) is 75.2 Å². The molecule has 0 aromatic heterocycles. The molecule has 0 radical (unpaired) electrons. The maximum absolute atomic E-state index is 12.6. The predicted octanol–water partition coefficient (Wildman–Crippen LogP) is 4.46. The average molecular weight is 333 g/mol. The first-order chi connectivity index (χ1) is 11.6. The van der Waals surface area contributed by atoms with Gasteiger partial charge in [0.1, 0.15) is 5.75 Å². The molecule has 4 heteroatoms. The molecular weight excluding hydrogens is 302 g/mol. The molecule has 1 aliphatic rings. The van der Waals surface area contributed by atoms with E-state index in [-0.39, 0.29) is 12.0 Å². The third-order valence-electron chi connectivity index (χ3n) is 4.39.